The third-order valence-electron chi connectivity index (χ3n) is 0.989. The van der Waals surface area contributed by atoms with E-state index in [1.165, 1.54) is 0 Å². The molecular formula is C8H21NS. The third-order valence-corrected chi connectivity index (χ3v) is 1.25. The molecule has 0 aliphatic carbocycles. The molecule has 64 valence electrons. The van der Waals surface area contributed by atoms with Crippen molar-refractivity contribution in [2.75, 3.05) is 13.1 Å². The van der Waals surface area contributed by atoms with Crippen molar-refractivity contribution in [3.63, 3.8) is 0 Å². The summed E-state index contributed by atoms with van der Waals surface area (Å²) >= 11 is 4.23. The van der Waals surface area contributed by atoms with Gasteiger partial charge in [-0.1, -0.05) is 27.7 Å². The summed E-state index contributed by atoms with van der Waals surface area (Å²) in [5.74, 6) is 0. The zero-order chi connectivity index (χ0) is 8.41. The van der Waals surface area contributed by atoms with Crippen molar-refractivity contribution in [2.45, 2.75) is 39.4 Å². The first-order valence-corrected chi connectivity index (χ1v) is 4.67. The fourth-order valence-corrected chi connectivity index (χ4v) is 0.617. The number of rotatable bonds is 4. The Kier molecular flexibility index (Phi) is 15.6. The van der Waals surface area contributed by atoms with Crippen LogP contribution in [0, 0.1) is 0 Å². The van der Waals surface area contributed by atoms with Gasteiger partial charge in [-0.05, 0) is 19.5 Å². The van der Waals surface area contributed by atoms with Crippen LogP contribution in [0.1, 0.15) is 34.1 Å². The topological polar surface area (TPSA) is 12.0 Å². The van der Waals surface area contributed by atoms with Crippen molar-refractivity contribution >= 4 is 12.6 Å². The first kappa shape index (κ1) is 12.9. The van der Waals surface area contributed by atoms with Crippen molar-refractivity contribution in [3.8, 4) is 0 Å². The summed E-state index contributed by atoms with van der Waals surface area (Å²) in [5, 5.41) is 3.77. The Hall–Kier alpha value is 0.310. The third kappa shape index (κ3) is 15.7. The second-order valence-corrected chi connectivity index (χ2v) is 2.87. The average molecular weight is 163 g/mol. The molecule has 0 fully saturated rings. The van der Waals surface area contributed by atoms with Gasteiger partial charge in [0.05, 0.1) is 0 Å². The zero-order valence-corrected chi connectivity index (χ0v) is 8.54. The van der Waals surface area contributed by atoms with Crippen molar-refractivity contribution in [3.05, 3.63) is 0 Å². The van der Waals surface area contributed by atoms with Crippen LogP contribution >= 0.6 is 12.6 Å². The van der Waals surface area contributed by atoms with Gasteiger partial charge in [0.15, 0.2) is 0 Å². The average Bonchev–Trinajstić information content (AvgIpc) is 1.92. The molecule has 10 heavy (non-hydrogen) atoms. The molecule has 0 saturated carbocycles. The summed E-state index contributed by atoms with van der Waals surface area (Å²) in [6.45, 7) is 10.4. The number of thiol groups is 1. The predicted molar refractivity (Wildman–Crippen MR) is 53.0 cm³/mol. The molecule has 1 nitrogen and oxygen atoms in total. The van der Waals surface area contributed by atoms with Gasteiger partial charge in [-0.3, -0.25) is 0 Å². The van der Waals surface area contributed by atoms with Crippen molar-refractivity contribution in [1.29, 1.82) is 0 Å². The van der Waals surface area contributed by atoms with E-state index in [4.69, 9.17) is 0 Å². The van der Waals surface area contributed by atoms with Crippen LogP contribution in [0.25, 0.3) is 0 Å². The highest BCUT2D eigenvalue weighted by Crippen LogP contribution is 1.95. The van der Waals surface area contributed by atoms with Crippen LogP contribution in [0.4, 0.5) is 0 Å². The van der Waals surface area contributed by atoms with E-state index < -0.39 is 0 Å². The number of nitrogens with one attached hydrogen (secondary N) is 1. The molecule has 2 heteroatoms. The van der Waals surface area contributed by atoms with Crippen LogP contribution < -0.4 is 5.32 Å². The van der Waals surface area contributed by atoms with E-state index in [2.05, 4.69) is 31.8 Å². The van der Waals surface area contributed by atoms with Gasteiger partial charge in [-0.15, -0.1) is 0 Å². The number of hydrogen-bond donors (Lipinski definition) is 2. The molecule has 0 spiro atoms. The van der Waals surface area contributed by atoms with Gasteiger partial charge >= 0.3 is 0 Å². The lowest BCUT2D eigenvalue weighted by Crippen LogP contribution is -2.16. The molecule has 0 aromatic carbocycles. The fourth-order valence-electron chi connectivity index (χ4n) is 0.488. The summed E-state index contributed by atoms with van der Waals surface area (Å²) in [4.78, 5) is 0. The summed E-state index contributed by atoms with van der Waals surface area (Å²) in [5.41, 5.74) is 0. The van der Waals surface area contributed by atoms with Crippen molar-refractivity contribution < 1.29 is 0 Å². The summed E-state index contributed by atoms with van der Waals surface area (Å²) < 4.78 is 0. The molecule has 0 aromatic rings. The molecule has 0 aliphatic heterocycles. The van der Waals surface area contributed by atoms with Crippen LogP contribution in [-0.2, 0) is 0 Å². The van der Waals surface area contributed by atoms with E-state index in [9.17, 15) is 0 Å². The van der Waals surface area contributed by atoms with Gasteiger partial charge in [0.1, 0.15) is 0 Å². The molecule has 1 atom stereocenters. The molecule has 0 rings (SSSR count). The van der Waals surface area contributed by atoms with E-state index in [0.717, 1.165) is 19.5 Å². The molecular weight excluding hydrogens is 142 g/mol. The van der Waals surface area contributed by atoms with E-state index >= 15 is 0 Å². The lowest BCUT2D eigenvalue weighted by Gasteiger charge is -2.02. The summed E-state index contributed by atoms with van der Waals surface area (Å²) in [6.07, 6.45) is 1.16. The second kappa shape index (κ2) is 12.0. The van der Waals surface area contributed by atoms with E-state index in [-0.39, 0.29) is 0 Å². The molecule has 0 radical (unpaired) electrons. The van der Waals surface area contributed by atoms with Crippen LogP contribution in [0.3, 0.4) is 0 Å². The lowest BCUT2D eigenvalue weighted by atomic mass is 10.3. The minimum atomic E-state index is 0.536. The van der Waals surface area contributed by atoms with E-state index in [1.807, 2.05) is 13.8 Å². The Morgan fingerprint density at radius 2 is 1.90 bits per heavy atom. The Balaban J connectivity index is 0. The van der Waals surface area contributed by atoms with Crippen LogP contribution in [0.15, 0.2) is 0 Å². The fraction of sp³-hybridized carbons (Fsp3) is 1.00. The standard InChI is InChI=1S/C6H15NS.C2H6/c1-3-7-5-4-6(2)8;1-2/h6-8H,3-5H2,1-2H3;1-2H3. The maximum Gasteiger partial charge on any atom is 0.0000480 e. The highest BCUT2D eigenvalue weighted by molar-refractivity contribution is 7.80. The predicted octanol–water partition coefficient (Wildman–Crippen LogP) is 2.33. The van der Waals surface area contributed by atoms with E-state index in [0.29, 0.717) is 5.25 Å². The van der Waals surface area contributed by atoms with Gasteiger partial charge < -0.3 is 5.32 Å². The van der Waals surface area contributed by atoms with E-state index in [1.54, 1.807) is 0 Å². The van der Waals surface area contributed by atoms with Crippen molar-refractivity contribution in [2.24, 2.45) is 0 Å². The van der Waals surface area contributed by atoms with Gasteiger partial charge in [-0.25, -0.2) is 0 Å². The molecule has 0 amide bonds. The number of hydrogen-bond acceptors (Lipinski definition) is 2. The highest BCUT2D eigenvalue weighted by Gasteiger charge is 1.90. The Morgan fingerprint density at radius 3 is 2.20 bits per heavy atom. The Labute approximate surface area is 71.0 Å². The van der Waals surface area contributed by atoms with Crippen molar-refractivity contribution in [1.82, 2.24) is 5.32 Å². The van der Waals surface area contributed by atoms with Gasteiger partial charge in [0.2, 0.25) is 0 Å². The Bertz CT molecular complexity index is 46.5. The van der Waals surface area contributed by atoms with Gasteiger partial charge in [-0.2, -0.15) is 12.6 Å². The SMILES string of the molecule is CC.CCNCCC(C)S. The molecule has 0 saturated heterocycles. The Morgan fingerprint density at radius 1 is 1.40 bits per heavy atom. The largest absolute Gasteiger partial charge is 0.317 e. The normalized spacial score (nSPS) is 11.7. The summed E-state index contributed by atoms with van der Waals surface area (Å²) in [7, 11) is 0. The molecule has 1 N–H and O–H groups in total. The summed E-state index contributed by atoms with van der Waals surface area (Å²) in [6, 6.07) is 0. The molecule has 0 aliphatic rings. The lowest BCUT2D eigenvalue weighted by molar-refractivity contribution is 0.672. The van der Waals surface area contributed by atoms with Gasteiger partial charge in [0.25, 0.3) is 0 Å². The molecule has 1 unspecified atom stereocenters. The smallest absolute Gasteiger partial charge is 0.0000480 e. The highest BCUT2D eigenvalue weighted by atomic mass is 32.1. The second-order valence-electron chi connectivity index (χ2n) is 1.99. The monoisotopic (exact) mass is 163 g/mol. The van der Waals surface area contributed by atoms with Crippen LogP contribution in [0.2, 0.25) is 0 Å². The quantitative estimate of drug-likeness (QED) is 0.479. The molecule has 0 bridgehead atoms. The zero-order valence-electron chi connectivity index (χ0n) is 7.65. The maximum absolute atomic E-state index is 4.23. The first-order valence-electron chi connectivity index (χ1n) is 4.16. The van der Waals surface area contributed by atoms with Crippen LogP contribution in [-0.4, -0.2) is 18.3 Å². The van der Waals surface area contributed by atoms with Crippen LogP contribution in [0.5, 0.6) is 0 Å². The molecule has 0 aromatic heterocycles. The first-order chi connectivity index (χ1) is 4.77. The maximum atomic E-state index is 4.23. The molecule has 0 heterocycles. The minimum absolute atomic E-state index is 0.536. The minimum Gasteiger partial charge on any atom is -0.317 e. The van der Waals surface area contributed by atoms with Gasteiger partial charge in [0, 0.05) is 5.25 Å².